The van der Waals surface area contributed by atoms with Gasteiger partial charge in [-0.05, 0) is 46.6 Å². The van der Waals surface area contributed by atoms with Crippen LogP contribution in [0.1, 0.15) is 12.7 Å². The summed E-state index contributed by atoms with van der Waals surface area (Å²) in [6, 6.07) is 3.80. The molecule has 0 saturated carbocycles. The summed E-state index contributed by atoms with van der Waals surface area (Å²) in [6.45, 7) is 3.49. The van der Waals surface area contributed by atoms with Crippen LogP contribution in [0.5, 0.6) is 0 Å². The van der Waals surface area contributed by atoms with Crippen LogP contribution in [0.3, 0.4) is 0 Å². The molecule has 2 aromatic rings. The lowest BCUT2D eigenvalue weighted by molar-refractivity contribution is 0.502. The van der Waals surface area contributed by atoms with Crippen molar-refractivity contribution in [1.29, 1.82) is 0 Å². The molecule has 0 aliphatic rings. The van der Waals surface area contributed by atoms with Gasteiger partial charge in [-0.2, -0.15) is 4.98 Å². The van der Waals surface area contributed by atoms with Gasteiger partial charge in [-0.3, -0.25) is 0 Å². The monoisotopic (exact) mass is 315 g/mol. The van der Waals surface area contributed by atoms with Gasteiger partial charge in [0.05, 0.1) is 17.3 Å². The molecule has 4 nitrogen and oxygen atoms in total. The molecule has 0 fully saturated rings. The summed E-state index contributed by atoms with van der Waals surface area (Å²) >= 11 is 9.23. The van der Waals surface area contributed by atoms with Gasteiger partial charge in [0, 0.05) is 12.7 Å². The lowest BCUT2D eigenvalue weighted by Gasteiger charge is -2.21. The van der Waals surface area contributed by atoms with Gasteiger partial charge in [-0.25, -0.2) is 4.98 Å². The van der Waals surface area contributed by atoms with Crippen LogP contribution in [-0.4, -0.2) is 16.5 Å². The molecule has 6 heteroatoms. The highest BCUT2D eigenvalue weighted by molar-refractivity contribution is 9.10. The minimum atomic E-state index is 0.237. The first-order valence-electron chi connectivity index (χ1n) is 5.16. The maximum Gasteiger partial charge on any atom is 0.224 e. The number of hydrogen-bond donors (Lipinski definition) is 0. The minimum absolute atomic E-state index is 0.237. The molecule has 0 radical (unpaired) electrons. The van der Waals surface area contributed by atoms with Crippen molar-refractivity contribution in [3.8, 4) is 0 Å². The zero-order valence-corrected chi connectivity index (χ0v) is 11.6. The normalized spacial score (nSPS) is 10.5. The predicted molar refractivity (Wildman–Crippen MR) is 70.2 cm³/mol. The van der Waals surface area contributed by atoms with Gasteiger partial charge < -0.3 is 9.32 Å². The fourth-order valence-electron chi connectivity index (χ4n) is 1.49. The highest BCUT2D eigenvalue weighted by Gasteiger charge is 2.13. The van der Waals surface area contributed by atoms with E-state index in [0.717, 1.165) is 22.6 Å². The summed E-state index contributed by atoms with van der Waals surface area (Å²) in [4.78, 5) is 10.2. The van der Waals surface area contributed by atoms with Crippen LogP contribution < -0.4 is 4.90 Å². The van der Waals surface area contributed by atoms with Gasteiger partial charge >= 0.3 is 0 Å². The van der Waals surface area contributed by atoms with Gasteiger partial charge in [0.2, 0.25) is 5.28 Å². The van der Waals surface area contributed by atoms with E-state index in [2.05, 4.69) is 30.8 Å². The van der Waals surface area contributed by atoms with Crippen LogP contribution in [-0.2, 0) is 6.54 Å². The third kappa shape index (κ3) is 2.98. The fraction of sp³-hybridized carbons (Fsp3) is 0.273. The van der Waals surface area contributed by atoms with E-state index < -0.39 is 0 Å². The zero-order valence-electron chi connectivity index (χ0n) is 9.23. The number of aromatic nitrogens is 2. The van der Waals surface area contributed by atoms with E-state index in [9.17, 15) is 0 Å². The molecule has 0 saturated heterocycles. The molecule has 0 N–H and O–H groups in total. The summed E-state index contributed by atoms with van der Waals surface area (Å²) < 4.78 is 6.14. The lowest BCUT2D eigenvalue weighted by Crippen LogP contribution is -2.23. The Bertz CT molecular complexity index is 489. The minimum Gasteiger partial charge on any atom is -0.467 e. The highest BCUT2D eigenvalue weighted by Crippen LogP contribution is 2.25. The number of furan rings is 1. The van der Waals surface area contributed by atoms with Crippen molar-refractivity contribution in [3.63, 3.8) is 0 Å². The second-order valence-corrected chi connectivity index (χ2v) is 4.60. The van der Waals surface area contributed by atoms with Crippen LogP contribution in [0, 0.1) is 0 Å². The first-order chi connectivity index (χ1) is 8.20. The number of rotatable bonds is 4. The van der Waals surface area contributed by atoms with Crippen molar-refractivity contribution < 1.29 is 4.42 Å². The lowest BCUT2D eigenvalue weighted by atomic mass is 10.4. The molecule has 0 unspecified atom stereocenters. The molecular weight excluding hydrogens is 305 g/mol. The predicted octanol–water partition coefficient (Wildman–Crippen LogP) is 3.51. The standard InChI is InChI=1S/C11H11BrClN3O/c1-2-16(7-8-4-3-5-17-8)10-9(12)6-14-11(13)15-10/h3-6H,2,7H2,1H3. The van der Waals surface area contributed by atoms with E-state index >= 15 is 0 Å². The molecule has 0 atom stereocenters. The molecule has 90 valence electrons. The van der Waals surface area contributed by atoms with Crippen LogP contribution in [0.15, 0.2) is 33.5 Å². The number of anilines is 1. The van der Waals surface area contributed by atoms with Crippen molar-refractivity contribution in [1.82, 2.24) is 9.97 Å². The van der Waals surface area contributed by atoms with Crippen LogP contribution >= 0.6 is 27.5 Å². The van der Waals surface area contributed by atoms with E-state index in [-0.39, 0.29) is 5.28 Å². The first-order valence-corrected chi connectivity index (χ1v) is 6.33. The summed E-state index contributed by atoms with van der Waals surface area (Å²) in [5.74, 6) is 1.65. The average Bonchev–Trinajstić information content (AvgIpc) is 2.82. The van der Waals surface area contributed by atoms with E-state index in [0.29, 0.717) is 6.54 Å². The molecular formula is C11H11BrClN3O. The van der Waals surface area contributed by atoms with Gasteiger partial charge in [0.1, 0.15) is 11.6 Å². The molecule has 2 rings (SSSR count). The molecule has 0 bridgehead atoms. The van der Waals surface area contributed by atoms with Crippen LogP contribution in [0.2, 0.25) is 5.28 Å². The fourth-order valence-corrected chi connectivity index (χ4v) is 2.06. The second-order valence-electron chi connectivity index (χ2n) is 3.40. The average molecular weight is 317 g/mol. The molecule has 0 aromatic carbocycles. The van der Waals surface area contributed by atoms with Gasteiger partial charge in [0.15, 0.2) is 0 Å². The first kappa shape index (κ1) is 12.4. The van der Waals surface area contributed by atoms with Crippen molar-refractivity contribution in [2.24, 2.45) is 0 Å². The van der Waals surface area contributed by atoms with E-state index in [1.807, 2.05) is 19.1 Å². The Kier molecular flexibility index (Phi) is 4.02. The Labute approximate surface area is 113 Å². The van der Waals surface area contributed by atoms with Crippen molar-refractivity contribution in [2.45, 2.75) is 13.5 Å². The van der Waals surface area contributed by atoms with Gasteiger partial charge in [-0.15, -0.1) is 0 Å². The summed E-state index contributed by atoms with van der Waals surface area (Å²) in [7, 11) is 0. The molecule has 2 aromatic heterocycles. The van der Waals surface area contributed by atoms with Gasteiger partial charge in [0.25, 0.3) is 0 Å². The Morgan fingerprint density at radius 1 is 1.53 bits per heavy atom. The topological polar surface area (TPSA) is 42.2 Å². The van der Waals surface area contributed by atoms with Crippen molar-refractivity contribution in [3.05, 3.63) is 40.1 Å². The smallest absolute Gasteiger partial charge is 0.224 e. The molecule has 0 aliphatic carbocycles. The summed E-state index contributed by atoms with van der Waals surface area (Å²) in [6.07, 6.45) is 3.31. The number of halogens is 2. The Morgan fingerprint density at radius 2 is 2.35 bits per heavy atom. The molecule has 0 aliphatic heterocycles. The summed E-state index contributed by atoms with van der Waals surface area (Å²) in [5.41, 5.74) is 0. The molecule has 0 amide bonds. The highest BCUT2D eigenvalue weighted by atomic mass is 79.9. The zero-order chi connectivity index (χ0) is 12.3. The Morgan fingerprint density at radius 3 is 3.00 bits per heavy atom. The molecule has 2 heterocycles. The molecule has 17 heavy (non-hydrogen) atoms. The Hall–Kier alpha value is -1.07. The van der Waals surface area contributed by atoms with E-state index in [4.69, 9.17) is 16.0 Å². The van der Waals surface area contributed by atoms with Crippen LogP contribution in [0.4, 0.5) is 5.82 Å². The van der Waals surface area contributed by atoms with Crippen LogP contribution in [0.25, 0.3) is 0 Å². The maximum atomic E-state index is 5.81. The largest absolute Gasteiger partial charge is 0.467 e. The molecule has 0 spiro atoms. The number of hydrogen-bond acceptors (Lipinski definition) is 4. The number of nitrogens with zero attached hydrogens (tertiary/aromatic N) is 3. The maximum absolute atomic E-state index is 5.81. The third-order valence-corrected chi connectivity index (χ3v) is 3.05. The quantitative estimate of drug-likeness (QED) is 0.810. The van der Waals surface area contributed by atoms with Crippen molar-refractivity contribution in [2.75, 3.05) is 11.4 Å². The third-order valence-electron chi connectivity index (χ3n) is 2.30. The van der Waals surface area contributed by atoms with E-state index in [1.54, 1.807) is 12.5 Å². The SMILES string of the molecule is CCN(Cc1ccco1)c1nc(Cl)ncc1Br. The van der Waals surface area contributed by atoms with Gasteiger partial charge in [-0.1, -0.05) is 0 Å². The Balaban J connectivity index is 2.25. The van der Waals surface area contributed by atoms with E-state index in [1.165, 1.54) is 0 Å². The van der Waals surface area contributed by atoms with Crippen molar-refractivity contribution >= 4 is 33.3 Å². The second kappa shape index (κ2) is 5.51. The summed E-state index contributed by atoms with van der Waals surface area (Å²) in [5, 5.41) is 0.237.